The topological polar surface area (TPSA) is 97.1 Å². The SMILES string of the molecule is Cc1nnc(-c2ccn3c(-c4cccc(NC(=O)NCC(F)(F)F)c4)cnc3c2)nc1C.Cl. The van der Waals surface area contributed by atoms with Crippen LogP contribution in [0.25, 0.3) is 28.3 Å². The van der Waals surface area contributed by atoms with Gasteiger partial charge in [-0.15, -0.1) is 17.5 Å². The molecule has 1 aromatic carbocycles. The third-order valence-electron chi connectivity index (χ3n) is 4.73. The summed E-state index contributed by atoms with van der Waals surface area (Å²) >= 11 is 0. The molecule has 0 aliphatic carbocycles. The zero-order valence-corrected chi connectivity index (χ0v) is 18.3. The van der Waals surface area contributed by atoms with Crippen LogP contribution in [0.4, 0.5) is 23.7 Å². The fourth-order valence-electron chi connectivity index (χ4n) is 3.02. The summed E-state index contributed by atoms with van der Waals surface area (Å²) in [6.07, 6.45) is -0.990. The van der Waals surface area contributed by atoms with Crippen LogP contribution in [-0.2, 0) is 0 Å². The predicted octanol–water partition coefficient (Wildman–Crippen LogP) is 4.58. The van der Waals surface area contributed by atoms with Gasteiger partial charge in [0.05, 0.1) is 23.3 Å². The molecule has 0 atom stereocenters. The summed E-state index contributed by atoms with van der Waals surface area (Å²) in [6.45, 7) is 2.30. The van der Waals surface area contributed by atoms with E-state index in [1.165, 1.54) is 0 Å². The fraction of sp³-hybridized carbons (Fsp3) is 0.190. The Bertz CT molecular complexity index is 1310. The third-order valence-corrected chi connectivity index (χ3v) is 4.73. The average molecular weight is 478 g/mol. The second-order valence-electron chi connectivity index (χ2n) is 7.10. The number of nitrogens with zero attached hydrogens (tertiary/aromatic N) is 5. The first-order chi connectivity index (χ1) is 15.2. The molecule has 0 bridgehead atoms. The van der Waals surface area contributed by atoms with Gasteiger partial charge in [-0.3, -0.25) is 4.40 Å². The highest BCUT2D eigenvalue weighted by atomic mass is 35.5. The fourth-order valence-corrected chi connectivity index (χ4v) is 3.02. The number of aryl methyl sites for hydroxylation is 2. The zero-order chi connectivity index (χ0) is 22.9. The highest BCUT2D eigenvalue weighted by molar-refractivity contribution is 5.90. The normalized spacial score (nSPS) is 11.2. The van der Waals surface area contributed by atoms with Crippen molar-refractivity contribution in [2.75, 3.05) is 11.9 Å². The molecule has 0 radical (unpaired) electrons. The minimum atomic E-state index is -4.48. The number of alkyl halides is 3. The van der Waals surface area contributed by atoms with Crippen molar-refractivity contribution in [3.8, 4) is 22.6 Å². The lowest BCUT2D eigenvalue weighted by Crippen LogP contribution is -2.36. The minimum Gasteiger partial charge on any atom is -0.329 e. The van der Waals surface area contributed by atoms with Crippen LogP contribution in [0.15, 0.2) is 48.8 Å². The molecule has 8 nitrogen and oxygen atoms in total. The number of aromatic nitrogens is 5. The molecule has 0 saturated heterocycles. The van der Waals surface area contributed by atoms with E-state index >= 15 is 0 Å². The summed E-state index contributed by atoms with van der Waals surface area (Å²) in [6, 6.07) is 9.48. The average Bonchev–Trinajstić information content (AvgIpc) is 3.17. The number of benzene rings is 1. The van der Waals surface area contributed by atoms with Crippen molar-refractivity contribution in [1.82, 2.24) is 29.9 Å². The molecule has 3 heterocycles. The Morgan fingerprint density at radius 2 is 1.85 bits per heavy atom. The number of anilines is 1. The van der Waals surface area contributed by atoms with Gasteiger partial charge in [0, 0.05) is 23.0 Å². The molecule has 172 valence electrons. The largest absolute Gasteiger partial charge is 0.405 e. The lowest BCUT2D eigenvalue weighted by atomic mass is 10.1. The number of carbonyl (C=O) groups is 1. The van der Waals surface area contributed by atoms with Gasteiger partial charge in [-0.1, -0.05) is 12.1 Å². The molecule has 12 heteroatoms. The van der Waals surface area contributed by atoms with Gasteiger partial charge >= 0.3 is 12.2 Å². The molecule has 0 aliphatic heterocycles. The van der Waals surface area contributed by atoms with E-state index in [9.17, 15) is 18.0 Å². The van der Waals surface area contributed by atoms with Crippen LogP contribution < -0.4 is 10.6 Å². The number of halogens is 4. The van der Waals surface area contributed by atoms with Crippen LogP contribution in [0, 0.1) is 13.8 Å². The van der Waals surface area contributed by atoms with Crippen molar-refractivity contribution < 1.29 is 18.0 Å². The summed E-state index contributed by atoms with van der Waals surface area (Å²) < 4.78 is 38.6. The Morgan fingerprint density at radius 1 is 1.06 bits per heavy atom. The quantitative estimate of drug-likeness (QED) is 0.448. The van der Waals surface area contributed by atoms with Crippen molar-refractivity contribution in [3.05, 3.63) is 60.2 Å². The Balaban J connectivity index is 0.00000306. The molecule has 4 rings (SSSR count). The van der Waals surface area contributed by atoms with Gasteiger partial charge in [0.2, 0.25) is 0 Å². The van der Waals surface area contributed by atoms with E-state index in [-0.39, 0.29) is 12.4 Å². The number of hydrogen-bond donors (Lipinski definition) is 2. The first-order valence-corrected chi connectivity index (χ1v) is 9.57. The Kier molecular flexibility index (Phi) is 6.82. The number of fused-ring (bicyclic) bond motifs is 1. The summed E-state index contributed by atoms with van der Waals surface area (Å²) in [7, 11) is 0. The number of carbonyl (C=O) groups excluding carboxylic acids is 1. The van der Waals surface area contributed by atoms with Gasteiger partial charge in [0.15, 0.2) is 5.82 Å². The standard InChI is InChI=1S/C21H18F3N7O.ClH/c1-12-13(2)29-30-19(27-12)15-6-7-31-17(10-25-18(31)9-15)14-4-3-5-16(8-14)28-20(32)26-11-21(22,23)24;/h3-10H,11H2,1-2H3,(H2,26,28,32);1H. The van der Waals surface area contributed by atoms with Crippen LogP contribution in [0.5, 0.6) is 0 Å². The van der Waals surface area contributed by atoms with Crippen molar-refractivity contribution in [2.24, 2.45) is 0 Å². The number of nitrogens with one attached hydrogen (secondary N) is 2. The molecule has 0 aliphatic rings. The van der Waals surface area contributed by atoms with E-state index in [0.717, 1.165) is 28.2 Å². The summed E-state index contributed by atoms with van der Waals surface area (Å²) in [5.74, 6) is 0.496. The second-order valence-corrected chi connectivity index (χ2v) is 7.10. The number of amides is 2. The lowest BCUT2D eigenvalue weighted by Gasteiger charge is -2.11. The summed E-state index contributed by atoms with van der Waals surface area (Å²) in [5.41, 5.74) is 4.79. The van der Waals surface area contributed by atoms with Gasteiger partial charge in [-0.05, 0) is 38.1 Å². The van der Waals surface area contributed by atoms with Gasteiger partial charge in [0.1, 0.15) is 12.2 Å². The first kappa shape index (κ1) is 23.9. The van der Waals surface area contributed by atoms with Gasteiger partial charge < -0.3 is 10.6 Å². The third kappa shape index (κ3) is 5.55. The number of rotatable bonds is 4. The number of hydrogen-bond acceptors (Lipinski definition) is 5. The van der Waals surface area contributed by atoms with E-state index in [1.54, 1.807) is 29.7 Å². The van der Waals surface area contributed by atoms with Crippen molar-refractivity contribution in [3.63, 3.8) is 0 Å². The summed E-state index contributed by atoms with van der Waals surface area (Å²) in [4.78, 5) is 20.6. The molecule has 2 N–H and O–H groups in total. The zero-order valence-electron chi connectivity index (χ0n) is 17.5. The Morgan fingerprint density at radius 3 is 2.58 bits per heavy atom. The molecule has 2 amide bonds. The second kappa shape index (κ2) is 9.41. The lowest BCUT2D eigenvalue weighted by molar-refractivity contribution is -0.122. The number of urea groups is 1. The maximum absolute atomic E-state index is 12.3. The number of pyridine rings is 1. The van der Waals surface area contributed by atoms with Gasteiger partial charge in [0.25, 0.3) is 0 Å². The van der Waals surface area contributed by atoms with E-state index in [0.29, 0.717) is 17.2 Å². The Labute approximate surface area is 192 Å². The molecule has 33 heavy (non-hydrogen) atoms. The molecule has 0 spiro atoms. The maximum Gasteiger partial charge on any atom is 0.405 e. The van der Waals surface area contributed by atoms with Crippen LogP contribution in [0.3, 0.4) is 0 Å². The van der Waals surface area contributed by atoms with E-state index in [2.05, 4.69) is 25.5 Å². The highest BCUT2D eigenvalue weighted by Crippen LogP contribution is 2.26. The molecule has 0 saturated carbocycles. The van der Waals surface area contributed by atoms with Crippen LogP contribution in [-0.4, -0.2) is 43.3 Å². The molecule has 0 unspecified atom stereocenters. The smallest absolute Gasteiger partial charge is 0.329 e. The maximum atomic E-state index is 12.3. The highest BCUT2D eigenvalue weighted by Gasteiger charge is 2.27. The van der Waals surface area contributed by atoms with Crippen molar-refractivity contribution in [2.45, 2.75) is 20.0 Å². The van der Waals surface area contributed by atoms with Gasteiger partial charge in [-0.2, -0.15) is 18.3 Å². The summed E-state index contributed by atoms with van der Waals surface area (Å²) in [5, 5.41) is 12.4. The number of imidazole rings is 1. The van der Waals surface area contributed by atoms with Crippen LogP contribution in [0.2, 0.25) is 0 Å². The first-order valence-electron chi connectivity index (χ1n) is 9.57. The van der Waals surface area contributed by atoms with E-state index < -0.39 is 18.8 Å². The molecular weight excluding hydrogens is 459 g/mol. The minimum absolute atomic E-state index is 0. The van der Waals surface area contributed by atoms with E-state index in [1.807, 2.05) is 42.6 Å². The van der Waals surface area contributed by atoms with E-state index in [4.69, 9.17) is 0 Å². The predicted molar refractivity (Wildman–Crippen MR) is 119 cm³/mol. The van der Waals surface area contributed by atoms with Crippen molar-refractivity contribution >= 4 is 29.8 Å². The molecule has 0 fully saturated rings. The Hall–Kier alpha value is -3.73. The monoisotopic (exact) mass is 477 g/mol. The van der Waals surface area contributed by atoms with Gasteiger partial charge in [-0.25, -0.2) is 14.8 Å². The molecule has 4 aromatic rings. The van der Waals surface area contributed by atoms with Crippen LogP contribution >= 0.6 is 12.4 Å². The van der Waals surface area contributed by atoms with Crippen LogP contribution in [0.1, 0.15) is 11.4 Å². The molecule has 3 aromatic heterocycles. The molecular formula is C21H19ClF3N7O. The van der Waals surface area contributed by atoms with Crippen molar-refractivity contribution in [1.29, 1.82) is 0 Å².